The fourth-order valence-corrected chi connectivity index (χ4v) is 3.25. The largest absolute Gasteiger partial charge is 0.383 e. The van der Waals surface area contributed by atoms with E-state index in [9.17, 15) is 9.18 Å². The maximum atomic E-state index is 13.8. The minimum absolute atomic E-state index is 0.0953. The third kappa shape index (κ3) is 4.65. The summed E-state index contributed by atoms with van der Waals surface area (Å²) in [4.78, 5) is 18.5. The monoisotopic (exact) mass is 357 g/mol. The second-order valence-electron chi connectivity index (χ2n) is 6.59. The molecule has 1 aromatic heterocycles. The van der Waals surface area contributed by atoms with Crippen molar-refractivity contribution in [1.82, 2.24) is 15.2 Å². The van der Waals surface area contributed by atoms with Gasteiger partial charge in [-0.2, -0.15) is 0 Å². The van der Waals surface area contributed by atoms with Gasteiger partial charge in [-0.15, -0.1) is 0 Å². The van der Waals surface area contributed by atoms with Gasteiger partial charge in [-0.05, 0) is 42.6 Å². The molecular formula is C20H24FN3O2. The molecule has 0 radical (unpaired) electrons. The van der Waals surface area contributed by atoms with Crippen LogP contribution < -0.4 is 5.32 Å². The molecule has 0 saturated carbocycles. The highest BCUT2D eigenvalue weighted by molar-refractivity contribution is 5.94. The number of carbonyl (C=O) groups is 1. The van der Waals surface area contributed by atoms with Crippen molar-refractivity contribution in [3.63, 3.8) is 0 Å². The van der Waals surface area contributed by atoms with Gasteiger partial charge in [0.1, 0.15) is 5.82 Å². The molecule has 6 heteroatoms. The second-order valence-corrected chi connectivity index (χ2v) is 6.59. The van der Waals surface area contributed by atoms with Gasteiger partial charge in [0.15, 0.2) is 0 Å². The number of carbonyl (C=O) groups excluding carboxylic acids is 1. The van der Waals surface area contributed by atoms with E-state index in [4.69, 9.17) is 4.74 Å². The third-order valence-electron chi connectivity index (χ3n) is 4.76. The Morgan fingerprint density at radius 3 is 2.88 bits per heavy atom. The van der Waals surface area contributed by atoms with Crippen LogP contribution in [0.15, 0.2) is 42.7 Å². The number of nitrogens with one attached hydrogen (secondary N) is 1. The highest BCUT2D eigenvalue weighted by Crippen LogP contribution is 2.22. The van der Waals surface area contributed by atoms with Crippen LogP contribution in [0.25, 0.3) is 11.1 Å². The minimum atomic E-state index is -0.371. The molecule has 138 valence electrons. The zero-order chi connectivity index (χ0) is 18.4. The Morgan fingerprint density at radius 1 is 1.35 bits per heavy atom. The summed E-state index contributed by atoms with van der Waals surface area (Å²) < 4.78 is 18.9. The zero-order valence-corrected chi connectivity index (χ0v) is 15.0. The normalized spacial score (nSPS) is 17.4. The number of aromatic nitrogens is 1. The van der Waals surface area contributed by atoms with Crippen LogP contribution in [0, 0.1) is 11.7 Å². The average Bonchev–Trinajstić information content (AvgIpc) is 3.13. The predicted molar refractivity (Wildman–Crippen MR) is 98.4 cm³/mol. The van der Waals surface area contributed by atoms with Crippen molar-refractivity contribution in [1.29, 1.82) is 0 Å². The molecule has 1 fully saturated rings. The maximum absolute atomic E-state index is 13.8. The molecule has 26 heavy (non-hydrogen) atoms. The molecule has 3 rings (SSSR count). The molecule has 0 bridgehead atoms. The van der Waals surface area contributed by atoms with Crippen LogP contribution >= 0.6 is 0 Å². The predicted octanol–water partition coefficient (Wildman–Crippen LogP) is 2.59. The summed E-state index contributed by atoms with van der Waals surface area (Å²) in [6, 6.07) is 8.60. The lowest BCUT2D eigenvalue weighted by molar-refractivity contribution is 0.0946. The highest BCUT2D eigenvalue weighted by Gasteiger charge is 2.22. The lowest BCUT2D eigenvalue weighted by Gasteiger charge is -2.15. The van der Waals surface area contributed by atoms with Crippen LogP contribution in [-0.4, -0.2) is 55.7 Å². The summed E-state index contributed by atoms with van der Waals surface area (Å²) in [6.07, 6.45) is 3.83. The first-order valence-corrected chi connectivity index (χ1v) is 8.87. The lowest BCUT2D eigenvalue weighted by Crippen LogP contribution is -2.31. The SMILES string of the molecule is COCCN1CCC(CNC(=O)c2ccc(-c3ccncc3F)cc2)C1. The number of ether oxygens (including phenoxy) is 1. The van der Waals surface area contributed by atoms with E-state index in [1.807, 2.05) is 0 Å². The molecule has 0 aliphatic carbocycles. The van der Waals surface area contributed by atoms with Gasteiger partial charge in [0, 0.05) is 44.1 Å². The smallest absolute Gasteiger partial charge is 0.251 e. The fraction of sp³-hybridized carbons (Fsp3) is 0.400. The van der Waals surface area contributed by atoms with Crippen LogP contribution in [0.3, 0.4) is 0 Å². The highest BCUT2D eigenvalue weighted by atomic mass is 19.1. The van der Waals surface area contributed by atoms with Crippen LogP contribution in [0.4, 0.5) is 4.39 Å². The van der Waals surface area contributed by atoms with Gasteiger partial charge in [-0.1, -0.05) is 12.1 Å². The molecule has 1 aliphatic heterocycles. The van der Waals surface area contributed by atoms with Gasteiger partial charge >= 0.3 is 0 Å². The Labute approximate surface area is 153 Å². The van der Waals surface area contributed by atoms with Crippen molar-refractivity contribution in [2.45, 2.75) is 6.42 Å². The minimum Gasteiger partial charge on any atom is -0.383 e. The van der Waals surface area contributed by atoms with Crippen molar-refractivity contribution >= 4 is 5.91 Å². The number of likely N-dealkylation sites (tertiary alicyclic amines) is 1. The van der Waals surface area contributed by atoms with E-state index in [2.05, 4.69) is 15.2 Å². The van der Waals surface area contributed by atoms with Gasteiger partial charge in [-0.25, -0.2) is 4.39 Å². The second kappa shape index (κ2) is 8.87. The number of nitrogens with zero attached hydrogens (tertiary/aromatic N) is 2. The van der Waals surface area contributed by atoms with Crippen molar-refractivity contribution in [3.05, 3.63) is 54.1 Å². The summed E-state index contributed by atoms with van der Waals surface area (Å²) >= 11 is 0. The standard InChI is InChI=1S/C20H24FN3O2/c1-26-11-10-24-9-7-15(14-24)12-23-20(25)17-4-2-16(3-5-17)18-6-8-22-13-19(18)21/h2-6,8,13,15H,7,9-12,14H2,1H3,(H,23,25). The third-order valence-corrected chi connectivity index (χ3v) is 4.76. The number of pyridine rings is 1. The molecule has 1 N–H and O–H groups in total. The van der Waals surface area contributed by atoms with E-state index in [-0.39, 0.29) is 11.7 Å². The van der Waals surface area contributed by atoms with Crippen molar-refractivity contribution in [2.24, 2.45) is 5.92 Å². The Balaban J connectivity index is 1.52. The number of rotatable bonds is 7. The fourth-order valence-electron chi connectivity index (χ4n) is 3.25. The lowest BCUT2D eigenvalue weighted by atomic mass is 10.0. The number of amides is 1. The maximum Gasteiger partial charge on any atom is 0.251 e. The van der Waals surface area contributed by atoms with E-state index in [0.717, 1.165) is 38.2 Å². The Morgan fingerprint density at radius 2 is 2.15 bits per heavy atom. The molecule has 2 heterocycles. The average molecular weight is 357 g/mol. The number of hydrogen-bond acceptors (Lipinski definition) is 4. The molecule has 1 saturated heterocycles. The number of hydrogen-bond donors (Lipinski definition) is 1. The first-order chi connectivity index (χ1) is 12.7. The Bertz CT molecular complexity index is 736. The molecular weight excluding hydrogens is 333 g/mol. The van der Waals surface area contributed by atoms with Crippen molar-refractivity contribution in [2.75, 3.05) is 39.9 Å². The Hall–Kier alpha value is -2.31. The summed E-state index contributed by atoms with van der Waals surface area (Å²) in [5, 5.41) is 3.01. The van der Waals surface area contributed by atoms with E-state index < -0.39 is 0 Å². The summed E-state index contributed by atoms with van der Waals surface area (Å²) in [5.74, 6) is 0.00653. The van der Waals surface area contributed by atoms with Gasteiger partial charge < -0.3 is 15.0 Å². The van der Waals surface area contributed by atoms with E-state index in [1.54, 1.807) is 43.6 Å². The molecule has 1 aromatic carbocycles. The molecule has 1 atom stereocenters. The van der Waals surface area contributed by atoms with Gasteiger partial charge in [0.2, 0.25) is 0 Å². The first kappa shape index (κ1) is 18.5. The van der Waals surface area contributed by atoms with Gasteiger partial charge in [0.25, 0.3) is 5.91 Å². The molecule has 2 aromatic rings. The van der Waals surface area contributed by atoms with Crippen molar-refractivity contribution in [3.8, 4) is 11.1 Å². The number of halogens is 1. The molecule has 1 unspecified atom stereocenters. The van der Waals surface area contributed by atoms with E-state index in [1.165, 1.54) is 6.20 Å². The van der Waals surface area contributed by atoms with Crippen LogP contribution in [0.5, 0.6) is 0 Å². The quantitative estimate of drug-likeness (QED) is 0.828. The topological polar surface area (TPSA) is 54.5 Å². The van der Waals surface area contributed by atoms with E-state index >= 15 is 0 Å². The molecule has 5 nitrogen and oxygen atoms in total. The molecule has 0 spiro atoms. The first-order valence-electron chi connectivity index (χ1n) is 8.87. The van der Waals surface area contributed by atoms with Gasteiger partial charge in [0.05, 0.1) is 12.8 Å². The number of methoxy groups -OCH3 is 1. The van der Waals surface area contributed by atoms with Crippen molar-refractivity contribution < 1.29 is 13.9 Å². The van der Waals surface area contributed by atoms with Crippen LogP contribution in [-0.2, 0) is 4.74 Å². The summed E-state index contributed by atoms with van der Waals surface area (Å²) in [5.41, 5.74) is 1.79. The van der Waals surface area contributed by atoms with Gasteiger partial charge in [-0.3, -0.25) is 9.78 Å². The zero-order valence-electron chi connectivity index (χ0n) is 15.0. The molecule has 1 amide bonds. The van der Waals surface area contributed by atoms with Crippen LogP contribution in [0.1, 0.15) is 16.8 Å². The van der Waals surface area contributed by atoms with E-state index in [0.29, 0.717) is 23.6 Å². The summed E-state index contributed by atoms with van der Waals surface area (Å²) in [7, 11) is 1.71. The number of benzene rings is 1. The molecule has 1 aliphatic rings. The summed E-state index contributed by atoms with van der Waals surface area (Å²) in [6.45, 7) is 4.39. The Kier molecular flexibility index (Phi) is 6.30. The van der Waals surface area contributed by atoms with Crippen LogP contribution in [0.2, 0.25) is 0 Å².